The molecule has 108 valence electrons. The van der Waals surface area contributed by atoms with Gasteiger partial charge in [0, 0.05) is 31.5 Å². The summed E-state index contributed by atoms with van der Waals surface area (Å²) in [4.78, 5) is 7.25. The topological polar surface area (TPSA) is 32.6 Å². The van der Waals surface area contributed by atoms with Gasteiger partial charge in [0.25, 0.3) is 0 Å². The van der Waals surface area contributed by atoms with Crippen LogP contribution in [0.4, 0.5) is 0 Å². The van der Waals surface area contributed by atoms with E-state index in [2.05, 4.69) is 47.0 Å². The number of likely N-dealkylation sites (tertiary alicyclic amines) is 1. The van der Waals surface area contributed by atoms with Crippen molar-refractivity contribution in [2.75, 3.05) is 20.1 Å². The van der Waals surface area contributed by atoms with E-state index in [1.165, 1.54) is 31.6 Å². The van der Waals surface area contributed by atoms with Crippen molar-refractivity contribution in [3.05, 3.63) is 36.3 Å². The molecule has 0 spiro atoms. The summed E-state index contributed by atoms with van der Waals surface area (Å²) >= 11 is 0. The summed E-state index contributed by atoms with van der Waals surface area (Å²) in [5, 5.41) is 3.39. The first-order valence-corrected chi connectivity index (χ1v) is 7.58. The van der Waals surface area contributed by atoms with E-state index < -0.39 is 0 Å². The van der Waals surface area contributed by atoms with E-state index in [1.54, 1.807) is 0 Å². The number of nitrogens with one attached hydrogen (secondary N) is 1. The molecule has 1 N–H and O–H groups in total. The lowest BCUT2D eigenvalue weighted by Crippen LogP contribution is -2.43. The number of rotatable bonds is 4. The smallest absolute Gasteiger partial charge is 0.137 e. The first-order chi connectivity index (χ1) is 9.76. The predicted molar refractivity (Wildman–Crippen MR) is 81.7 cm³/mol. The van der Waals surface area contributed by atoms with Gasteiger partial charge in [-0.15, -0.1) is 0 Å². The summed E-state index contributed by atoms with van der Waals surface area (Å²) in [5.74, 6) is 0.755. The third-order valence-corrected chi connectivity index (χ3v) is 4.50. The standard InChI is InChI=1S/C16H24N4/c1-13(17-2)14-6-5-8-19(10-14)11-15-12-20-9-4-3-7-16(20)18-15/h3-4,7,9,12-14,17H,5-6,8,10-11H2,1-2H3. The van der Waals surface area contributed by atoms with Crippen LogP contribution in [-0.2, 0) is 6.54 Å². The van der Waals surface area contributed by atoms with Gasteiger partial charge in [0.1, 0.15) is 5.65 Å². The molecule has 1 aliphatic rings. The highest BCUT2D eigenvalue weighted by molar-refractivity contribution is 5.39. The molecule has 2 aromatic heterocycles. The maximum Gasteiger partial charge on any atom is 0.137 e. The van der Waals surface area contributed by atoms with Crippen molar-refractivity contribution >= 4 is 5.65 Å². The van der Waals surface area contributed by atoms with Crippen LogP contribution >= 0.6 is 0 Å². The van der Waals surface area contributed by atoms with Gasteiger partial charge in [0.05, 0.1) is 5.69 Å². The number of aromatic nitrogens is 2. The summed E-state index contributed by atoms with van der Waals surface area (Å²) in [6, 6.07) is 6.74. The molecule has 0 bridgehead atoms. The zero-order chi connectivity index (χ0) is 13.9. The van der Waals surface area contributed by atoms with Gasteiger partial charge in [-0.1, -0.05) is 6.07 Å². The van der Waals surface area contributed by atoms with Gasteiger partial charge in [-0.25, -0.2) is 4.98 Å². The van der Waals surface area contributed by atoms with Gasteiger partial charge < -0.3 is 9.72 Å². The number of piperidine rings is 1. The highest BCUT2D eigenvalue weighted by atomic mass is 15.2. The van der Waals surface area contributed by atoms with Crippen molar-refractivity contribution in [1.82, 2.24) is 19.6 Å². The Morgan fingerprint density at radius 3 is 3.15 bits per heavy atom. The fourth-order valence-electron chi connectivity index (χ4n) is 3.17. The Kier molecular flexibility index (Phi) is 4.03. The van der Waals surface area contributed by atoms with Crippen LogP contribution in [0.15, 0.2) is 30.6 Å². The molecule has 0 aliphatic carbocycles. The SMILES string of the molecule is CNC(C)C1CCCN(Cc2cn3ccccc3n2)C1. The van der Waals surface area contributed by atoms with Crippen molar-refractivity contribution in [1.29, 1.82) is 0 Å². The van der Waals surface area contributed by atoms with E-state index >= 15 is 0 Å². The third-order valence-electron chi connectivity index (χ3n) is 4.50. The van der Waals surface area contributed by atoms with Gasteiger partial charge >= 0.3 is 0 Å². The maximum absolute atomic E-state index is 4.70. The lowest BCUT2D eigenvalue weighted by atomic mass is 9.91. The van der Waals surface area contributed by atoms with E-state index in [0.29, 0.717) is 6.04 Å². The Bertz CT molecular complexity index is 529. The molecule has 3 heterocycles. The summed E-state index contributed by atoms with van der Waals surface area (Å²) in [6.07, 6.45) is 6.85. The second kappa shape index (κ2) is 5.94. The lowest BCUT2D eigenvalue weighted by molar-refractivity contribution is 0.145. The number of nitrogens with zero attached hydrogens (tertiary/aromatic N) is 3. The molecule has 1 fully saturated rings. The van der Waals surface area contributed by atoms with Crippen LogP contribution in [0, 0.1) is 5.92 Å². The minimum absolute atomic E-state index is 0.596. The minimum atomic E-state index is 0.596. The minimum Gasteiger partial charge on any atom is -0.317 e. The Morgan fingerprint density at radius 1 is 1.45 bits per heavy atom. The maximum atomic E-state index is 4.70. The molecule has 0 radical (unpaired) electrons. The van der Waals surface area contributed by atoms with Crippen molar-refractivity contribution in [3.8, 4) is 0 Å². The molecule has 1 saturated heterocycles. The van der Waals surface area contributed by atoms with Crippen LogP contribution in [0.5, 0.6) is 0 Å². The van der Waals surface area contributed by atoms with E-state index in [1.807, 2.05) is 12.1 Å². The fraction of sp³-hybridized carbons (Fsp3) is 0.562. The van der Waals surface area contributed by atoms with Gasteiger partial charge in [-0.05, 0) is 51.4 Å². The molecule has 20 heavy (non-hydrogen) atoms. The second-order valence-electron chi connectivity index (χ2n) is 5.91. The van der Waals surface area contributed by atoms with Crippen LogP contribution in [0.3, 0.4) is 0 Å². The van der Waals surface area contributed by atoms with Gasteiger partial charge in [-0.3, -0.25) is 4.90 Å². The summed E-state index contributed by atoms with van der Waals surface area (Å²) in [5.41, 5.74) is 2.22. The highest BCUT2D eigenvalue weighted by Gasteiger charge is 2.24. The molecule has 4 nitrogen and oxygen atoms in total. The van der Waals surface area contributed by atoms with E-state index in [9.17, 15) is 0 Å². The number of imidazole rings is 1. The predicted octanol–water partition coefficient (Wildman–Crippen LogP) is 2.15. The third kappa shape index (κ3) is 2.86. The largest absolute Gasteiger partial charge is 0.317 e. The van der Waals surface area contributed by atoms with E-state index in [-0.39, 0.29) is 0 Å². The second-order valence-corrected chi connectivity index (χ2v) is 5.91. The molecule has 1 aliphatic heterocycles. The molecule has 0 amide bonds. The van der Waals surface area contributed by atoms with Crippen LogP contribution in [0.25, 0.3) is 5.65 Å². The van der Waals surface area contributed by atoms with Crippen LogP contribution in [0.1, 0.15) is 25.5 Å². The molecule has 2 aromatic rings. The van der Waals surface area contributed by atoms with Crippen LogP contribution < -0.4 is 5.32 Å². The highest BCUT2D eigenvalue weighted by Crippen LogP contribution is 2.21. The molecule has 4 heteroatoms. The van der Waals surface area contributed by atoms with Gasteiger partial charge in [0.15, 0.2) is 0 Å². The van der Waals surface area contributed by atoms with Gasteiger partial charge in [0.2, 0.25) is 0 Å². The molecule has 3 rings (SSSR count). The molecule has 2 atom stereocenters. The Balaban J connectivity index is 1.67. The lowest BCUT2D eigenvalue weighted by Gasteiger charge is -2.35. The van der Waals surface area contributed by atoms with Crippen molar-refractivity contribution < 1.29 is 0 Å². The Morgan fingerprint density at radius 2 is 2.35 bits per heavy atom. The molecular formula is C16H24N4. The number of pyridine rings is 1. The number of fused-ring (bicyclic) bond motifs is 1. The quantitative estimate of drug-likeness (QED) is 0.925. The molecule has 0 saturated carbocycles. The molecule has 0 aromatic carbocycles. The monoisotopic (exact) mass is 272 g/mol. The van der Waals surface area contributed by atoms with Crippen molar-refractivity contribution in [3.63, 3.8) is 0 Å². The fourth-order valence-corrected chi connectivity index (χ4v) is 3.17. The molecular weight excluding hydrogens is 248 g/mol. The van der Waals surface area contributed by atoms with Crippen molar-refractivity contribution in [2.45, 2.75) is 32.4 Å². The summed E-state index contributed by atoms with van der Waals surface area (Å²) in [7, 11) is 2.06. The van der Waals surface area contributed by atoms with Crippen LogP contribution in [-0.4, -0.2) is 40.5 Å². The summed E-state index contributed by atoms with van der Waals surface area (Å²) in [6.45, 7) is 5.63. The van der Waals surface area contributed by atoms with Crippen LogP contribution in [0.2, 0.25) is 0 Å². The Hall–Kier alpha value is -1.39. The normalized spacial score (nSPS) is 22.2. The first-order valence-electron chi connectivity index (χ1n) is 7.58. The first kappa shape index (κ1) is 13.6. The Labute approximate surface area is 120 Å². The average molecular weight is 272 g/mol. The average Bonchev–Trinajstić information content (AvgIpc) is 2.88. The number of hydrogen-bond acceptors (Lipinski definition) is 3. The zero-order valence-corrected chi connectivity index (χ0v) is 12.4. The zero-order valence-electron chi connectivity index (χ0n) is 12.4. The summed E-state index contributed by atoms with van der Waals surface area (Å²) < 4.78 is 2.10. The molecule has 2 unspecified atom stereocenters. The van der Waals surface area contributed by atoms with E-state index in [4.69, 9.17) is 4.98 Å². The van der Waals surface area contributed by atoms with Crippen molar-refractivity contribution in [2.24, 2.45) is 5.92 Å². The number of hydrogen-bond donors (Lipinski definition) is 1. The van der Waals surface area contributed by atoms with E-state index in [0.717, 1.165) is 18.1 Å². The van der Waals surface area contributed by atoms with Gasteiger partial charge in [-0.2, -0.15) is 0 Å².